The Bertz CT molecular complexity index is 476. The van der Waals surface area contributed by atoms with Crippen molar-refractivity contribution >= 4 is 0 Å². The van der Waals surface area contributed by atoms with E-state index >= 15 is 0 Å². The van der Waals surface area contributed by atoms with E-state index in [0.29, 0.717) is 19.3 Å². The quantitative estimate of drug-likeness (QED) is 0.834. The van der Waals surface area contributed by atoms with Gasteiger partial charge >= 0.3 is 0 Å². The topological polar surface area (TPSA) is 47.7 Å². The molecule has 1 fully saturated rings. The molecule has 0 aromatic heterocycles. The van der Waals surface area contributed by atoms with E-state index in [4.69, 9.17) is 15.2 Å². The molecule has 0 spiro atoms. The Morgan fingerprint density at radius 1 is 1.38 bits per heavy atom. The number of ether oxygens (including phenoxy) is 2. The van der Waals surface area contributed by atoms with Gasteiger partial charge in [0.05, 0.1) is 19.3 Å². The first-order chi connectivity index (χ1) is 10.3. The minimum Gasteiger partial charge on any atom is -0.492 e. The monoisotopic (exact) mass is 288 g/mol. The van der Waals surface area contributed by atoms with Crippen LogP contribution in [0.2, 0.25) is 0 Å². The number of rotatable bonds is 5. The van der Waals surface area contributed by atoms with Crippen molar-refractivity contribution in [1.82, 2.24) is 4.90 Å². The van der Waals surface area contributed by atoms with Gasteiger partial charge in [-0.2, -0.15) is 0 Å². The number of nitrogens with zero attached hydrogens (tertiary/aromatic N) is 1. The summed E-state index contributed by atoms with van der Waals surface area (Å²) in [4.78, 5) is 2.40. The zero-order valence-corrected chi connectivity index (χ0v) is 12.7. The summed E-state index contributed by atoms with van der Waals surface area (Å²) in [7, 11) is 0. The fourth-order valence-corrected chi connectivity index (χ4v) is 2.31. The fraction of sp³-hybridized carbons (Fsp3) is 0.529. The molecular formula is C17H24N2O2. The lowest BCUT2D eigenvalue weighted by Gasteiger charge is -2.32. The molecule has 114 valence electrons. The van der Waals surface area contributed by atoms with Crippen molar-refractivity contribution in [2.24, 2.45) is 5.73 Å². The number of nitrogens with two attached hydrogens (primary N) is 1. The van der Waals surface area contributed by atoms with E-state index in [1.807, 2.05) is 24.3 Å². The summed E-state index contributed by atoms with van der Waals surface area (Å²) < 4.78 is 11.4. The van der Waals surface area contributed by atoms with Crippen LogP contribution in [0.25, 0.3) is 0 Å². The van der Waals surface area contributed by atoms with Crippen molar-refractivity contribution in [3.8, 4) is 17.6 Å². The highest BCUT2D eigenvalue weighted by Crippen LogP contribution is 2.12. The fourth-order valence-electron chi connectivity index (χ4n) is 2.31. The highest BCUT2D eigenvalue weighted by atomic mass is 16.5. The second-order valence-corrected chi connectivity index (χ2v) is 5.08. The average Bonchev–Trinajstić information content (AvgIpc) is 2.54. The maximum Gasteiger partial charge on any atom is 0.119 e. The predicted octanol–water partition coefficient (Wildman–Crippen LogP) is 1.49. The average molecular weight is 288 g/mol. The molecule has 1 aliphatic rings. The smallest absolute Gasteiger partial charge is 0.119 e. The van der Waals surface area contributed by atoms with Gasteiger partial charge in [-0.05, 0) is 30.7 Å². The van der Waals surface area contributed by atoms with Crippen molar-refractivity contribution < 1.29 is 9.47 Å². The summed E-state index contributed by atoms with van der Waals surface area (Å²) in [5.74, 6) is 6.72. The molecule has 0 saturated carbocycles. The molecule has 1 saturated heterocycles. The zero-order valence-electron chi connectivity index (χ0n) is 12.7. The molecule has 1 aromatic carbocycles. The largest absolute Gasteiger partial charge is 0.492 e. The Labute approximate surface area is 127 Å². The van der Waals surface area contributed by atoms with E-state index in [9.17, 15) is 0 Å². The predicted molar refractivity (Wildman–Crippen MR) is 84.3 cm³/mol. The molecule has 21 heavy (non-hydrogen) atoms. The third-order valence-electron chi connectivity index (χ3n) is 3.54. The molecule has 1 unspecified atom stereocenters. The molecule has 1 atom stereocenters. The first kappa shape index (κ1) is 15.8. The van der Waals surface area contributed by atoms with Gasteiger partial charge < -0.3 is 15.2 Å². The number of benzene rings is 1. The van der Waals surface area contributed by atoms with Crippen LogP contribution < -0.4 is 10.5 Å². The Morgan fingerprint density at radius 2 is 2.19 bits per heavy atom. The molecule has 0 aliphatic carbocycles. The Kier molecular flexibility index (Phi) is 6.55. The summed E-state index contributed by atoms with van der Waals surface area (Å²) in [6.45, 7) is 7.02. The van der Waals surface area contributed by atoms with E-state index in [-0.39, 0.29) is 0 Å². The van der Waals surface area contributed by atoms with Gasteiger partial charge in [0.25, 0.3) is 0 Å². The van der Waals surface area contributed by atoms with Crippen molar-refractivity contribution in [3.63, 3.8) is 0 Å². The normalized spacial score (nSPS) is 18.9. The molecule has 1 heterocycles. The summed E-state index contributed by atoms with van der Waals surface area (Å²) in [5, 5.41) is 0. The molecule has 4 heteroatoms. The number of hydrogen-bond donors (Lipinski definition) is 1. The maximum absolute atomic E-state index is 5.78. The molecule has 4 nitrogen and oxygen atoms in total. The van der Waals surface area contributed by atoms with Gasteiger partial charge in [-0.1, -0.05) is 18.8 Å². The second-order valence-electron chi connectivity index (χ2n) is 5.08. The van der Waals surface area contributed by atoms with Crippen molar-refractivity contribution in [3.05, 3.63) is 29.8 Å². The van der Waals surface area contributed by atoms with Gasteiger partial charge in [0.2, 0.25) is 0 Å². The molecule has 2 rings (SSSR count). The van der Waals surface area contributed by atoms with Crippen LogP contribution in [0.1, 0.15) is 18.9 Å². The molecule has 0 radical (unpaired) electrons. The van der Waals surface area contributed by atoms with Gasteiger partial charge in [0, 0.05) is 25.2 Å². The summed E-state index contributed by atoms with van der Waals surface area (Å²) in [6, 6.07) is 7.82. The van der Waals surface area contributed by atoms with Crippen LogP contribution in [0.4, 0.5) is 0 Å². The lowest BCUT2D eigenvalue weighted by atomic mass is 10.2. The van der Waals surface area contributed by atoms with E-state index in [1.54, 1.807) is 0 Å². The lowest BCUT2D eigenvalue weighted by molar-refractivity contribution is -0.0324. The van der Waals surface area contributed by atoms with Crippen LogP contribution >= 0.6 is 0 Å². The van der Waals surface area contributed by atoms with Crippen LogP contribution in [-0.2, 0) is 4.74 Å². The SMILES string of the molecule is CCC1CN(CCOc2ccc(C#CCN)cc2)CCO1. The summed E-state index contributed by atoms with van der Waals surface area (Å²) in [6.07, 6.45) is 1.45. The van der Waals surface area contributed by atoms with E-state index < -0.39 is 0 Å². The lowest BCUT2D eigenvalue weighted by Crippen LogP contribution is -2.43. The van der Waals surface area contributed by atoms with Crippen LogP contribution in [0.5, 0.6) is 5.75 Å². The third-order valence-corrected chi connectivity index (χ3v) is 3.54. The highest BCUT2D eigenvalue weighted by Gasteiger charge is 2.18. The molecule has 1 aliphatic heterocycles. The first-order valence-corrected chi connectivity index (χ1v) is 7.57. The maximum atomic E-state index is 5.78. The van der Waals surface area contributed by atoms with E-state index in [1.165, 1.54) is 0 Å². The van der Waals surface area contributed by atoms with E-state index in [0.717, 1.165) is 44.0 Å². The van der Waals surface area contributed by atoms with Crippen molar-refractivity contribution in [2.75, 3.05) is 39.4 Å². The van der Waals surface area contributed by atoms with Crippen LogP contribution in [0.15, 0.2) is 24.3 Å². The zero-order chi connectivity index (χ0) is 14.9. The number of morpholine rings is 1. The van der Waals surface area contributed by atoms with Crippen LogP contribution in [0.3, 0.4) is 0 Å². The third kappa shape index (κ3) is 5.39. The Hall–Kier alpha value is -1.54. The standard InChI is InChI=1S/C17H24N2O2/c1-2-16-14-19(10-12-20-16)11-13-21-17-7-5-15(6-8-17)4-3-9-18/h5-8,16H,2,9-14,18H2,1H3. The van der Waals surface area contributed by atoms with Crippen molar-refractivity contribution in [2.45, 2.75) is 19.4 Å². The van der Waals surface area contributed by atoms with Crippen molar-refractivity contribution in [1.29, 1.82) is 0 Å². The summed E-state index contributed by atoms with van der Waals surface area (Å²) >= 11 is 0. The Morgan fingerprint density at radius 3 is 2.90 bits per heavy atom. The minimum absolute atomic E-state index is 0.374. The van der Waals surface area contributed by atoms with Gasteiger partial charge in [0.1, 0.15) is 12.4 Å². The Balaban J connectivity index is 1.73. The van der Waals surface area contributed by atoms with E-state index in [2.05, 4.69) is 23.7 Å². The second kappa shape index (κ2) is 8.68. The molecular weight excluding hydrogens is 264 g/mol. The van der Waals surface area contributed by atoms with Crippen LogP contribution in [-0.4, -0.2) is 50.4 Å². The molecule has 2 N–H and O–H groups in total. The molecule has 1 aromatic rings. The van der Waals surface area contributed by atoms with Gasteiger partial charge in [-0.15, -0.1) is 0 Å². The van der Waals surface area contributed by atoms with Gasteiger partial charge in [-0.3, -0.25) is 4.90 Å². The number of hydrogen-bond acceptors (Lipinski definition) is 4. The summed E-state index contributed by atoms with van der Waals surface area (Å²) in [5.41, 5.74) is 6.32. The molecule has 0 amide bonds. The van der Waals surface area contributed by atoms with Gasteiger partial charge in [0.15, 0.2) is 0 Å². The molecule has 0 bridgehead atoms. The van der Waals surface area contributed by atoms with Gasteiger partial charge in [-0.25, -0.2) is 0 Å². The minimum atomic E-state index is 0.374. The van der Waals surface area contributed by atoms with Crippen LogP contribution in [0, 0.1) is 11.8 Å². The first-order valence-electron chi connectivity index (χ1n) is 7.57. The highest BCUT2D eigenvalue weighted by molar-refractivity contribution is 5.38.